The van der Waals surface area contributed by atoms with Gasteiger partial charge in [-0.25, -0.2) is 9.97 Å². The number of carbonyl (C=O) groups excluding carboxylic acids is 1. The van der Waals surface area contributed by atoms with E-state index in [0.717, 1.165) is 5.69 Å². The Kier molecular flexibility index (Phi) is 4.72. The van der Waals surface area contributed by atoms with E-state index in [0.29, 0.717) is 41.8 Å². The van der Waals surface area contributed by atoms with Crippen LogP contribution in [0.4, 0.5) is 17.2 Å². The van der Waals surface area contributed by atoms with Gasteiger partial charge in [-0.15, -0.1) is 0 Å². The molecule has 0 aliphatic carbocycles. The summed E-state index contributed by atoms with van der Waals surface area (Å²) < 4.78 is 11.1. The van der Waals surface area contributed by atoms with Crippen LogP contribution in [0, 0.1) is 11.3 Å². The lowest BCUT2D eigenvalue weighted by Crippen LogP contribution is -2.15. The maximum Gasteiger partial charge on any atom is 0.274 e. The smallest absolute Gasteiger partial charge is 0.274 e. The van der Waals surface area contributed by atoms with Crippen LogP contribution >= 0.6 is 0 Å². The third kappa shape index (κ3) is 3.83. The van der Waals surface area contributed by atoms with Crippen molar-refractivity contribution in [2.45, 2.75) is 0 Å². The first-order chi connectivity index (χ1) is 13.7. The Morgan fingerprint density at radius 3 is 2.71 bits per heavy atom. The number of amides is 1. The molecule has 2 aromatic carbocycles. The zero-order chi connectivity index (χ0) is 19.3. The molecule has 8 nitrogen and oxygen atoms in total. The van der Waals surface area contributed by atoms with Crippen LogP contribution in [0.1, 0.15) is 16.1 Å². The van der Waals surface area contributed by atoms with Crippen LogP contribution in [0.25, 0.3) is 0 Å². The van der Waals surface area contributed by atoms with Crippen LogP contribution < -0.4 is 20.1 Å². The minimum atomic E-state index is -0.400. The first-order valence-corrected chi connectivity index (χ1v) is 8.51. The van der Waals surface area contributed by atoms with Crippen molar-refractivity contribution in [2.24, 2.45) is 0 Å². The largest absolute Gasteiger partial charge is 0.486 e. The second-order valence-corrected chi connectivity index (χ2v) is 5.92. The molecule has 1 aromatic heterocycles. The van der Waals surface area contributed by atoms with E-state index in [4.69, 9.17) is 14.7 Å². The number of hydrogen-bond donors (Lipinski definition) is 2. The van der Waals surface area contributed by atoms with Gasteiger partial charge >= 0.3 is 0 Å². The van der Waals surface area contributed by atoms with Crippen molar-refractivity contribution in [3.8, 4) is 17.6 Å². The first-order valence-electron chi connectivity index (χ1n) is 8.51. The van der Waals surface area contributed by atoms with Crippen LogP contribution in [-0.4, -0.2) is 29.1 Å². The molecule has 0 spiro atoms. The van der Waals surface area contributed by atoms with E-state index < -0.39 is 5.91 Å². The number of aromatic nitrogens is 2. The van der Waals surface area contributed by atoms with Crippen molar-refractivity contribution < 1.29 is 14.3 Å². The van der Waals surface area contributed by atoms with E-state index in [1.807, 2.05) is 24.3 Å². The summed E-state index contributed by atoms with van der Waals surface area (Å²) >= 11 is 0. The summed E-state index contributed by atoms with van der Waals surface area (Å²) in [7, 11) is 0. The standard InChI is InChI=1S/C20H15N5O3/c21-11-13-2-1-3-14(8-13)25-20(26)16-10-19(23-12-22-16)24-15-4-5-17-18(9-15)28-7-6-27-17/h1-5,8-10,12H,6-7H2,(H,25,26)(H,22,23,24). The molecule has 0 atom stereocenters. The summed E-state index contributed by atoms with van der Waals surface area (Å²) in [6, 6.07) is 15.7. The number of nitriles is 1. The van der Waals surface area contributed by atoms with Gasteiger partial charge in [0, 0.05) is 23.5 Å². The fourth-order valence-electron chi connectivity index (χ4n) is 2.68. The minimum Gasteiger partial charge on any atom is -0.486 e. The number of hydrogen-bond acceptors (Lipinski definition) is 7. The lowest BCUT2D eigenvalue weighted by Gasteiger charge is -2.19. The molecular formula is C20H15N5O3. The van der Waals surface area contributed by atoms with E-state index in [2.05, 4.69) is 20.6 Å². The maximum absolute atomic E-state index is 12.5. The topological polar surface area (TPSA) is 109 Å². The van der Waals surface area contributed by atoms with Crippen molar-refractivity contribution in [3.05, 3.63) is 66.1 Å². The van der Waals surface area contributed by atoms with Gasteiger partial charge < -0.3 is 20.1 Å². The SMILES string of the molecule is N#Cc1cccc(NC(=O)c2cc(Nc3ccc4c(c3)OCCO4)ncn2)c1. The van der Waals surface area contributed by atoms with Crippen molar-refractivity contribution in [2.75, 3.05) is 23.8 Å². The number of nitrogens with one attached hydrogen (secondary N) is 2. The highest BCUT2D eigenvalue weighted by Gasteiger charge is 2.13. The van der Waals surface area contributed by atoms with Crippen molar-refractivity contribution in [1.29, 1.82) is 5.26 Å². The second-order valence-electron chi connectivity index (χ2n) is 5.92. The fourth-order valence-corrected chi connectivity index (χ4v) is 2.68. The predicted octanol–water partition coefficient (Wildman–Crippen LogP) is 3.12. The number of benzene rings is 2. The average Bonchev–Trinajstić information content (AvgIpc) is 2.74. The molecule has 0 unspecified atom stereocenters. The quantitative estimate of drug-likeness (QED) is 0.723. The predicted molar refractivity (Wildman–Crippen MR) is 102 cm³/mol. The third-order valence-corrected chi connectivity index (χ3v) is 3.96. The van der Waals surface area contributed by atoms with Crippen molar-refractivity contribution in [1.82, 2.24) is 9.97 Å². The molecule has 0 saturated heterocycles. The van der Waals surface area contributed by atoms with Gasteiger partial charge in [-0.05, 0) is 30.3 Å². The summed E-state index contributed by atoms with van der Waals surface area (Å²) in [6.45, 7) is 1.03. The highest BCUT2D eigenvalue weighted by Crippen LogP contribution is 2.33. The first kappa shape index (κ1) is 17.3. The normalized spacial score (nSPS) is 12.0. The molecule has 138 valence electrons. The number of rotatable bonds is 4. The van der Waals surface area contributed by atoms with Gasteiger partial charge in [0.25, 0.3) is 5.91 Å². The second kappa shape index (κ2) is 7.63. The summed E-state index contributed by atoms with van der Waals surface area (Å²) in [5.74, 6) is 1.41. The van der Waals surface area contributed by atoms with Crippen molar-refractivity contribution >= 4 is 23.1 Å². The van der Waals surface area contributed by atoms with Gasteiger partial charge in [0.2, 0.25) is 0 Å². The van der Waals surface area contributed by atoms with Crippen LogP contribution in [0.5, 0.6) is 11.5 Å². The molecule has 0 bridgehead atoms. The molecule has 0 radical (unpaired) electrons. The fraction of sp³-hybridized carbons (Fsp3) is 0.100. The van der Waals surface area contributed by atoms with E-state index in [1.165, 1.54) is 6.33 Å². The van der Waals surface area contributed by atoms with Crippen LogP contribution in [-0.2, 0) is 0 Å². The van der Waals surface area contributed by atoms with Crippen LogP contribution in [0.15, 0.2) is 54.9 Å². The van der Waals surface area contributed by atoms with Gasteiger partial charge in [-0.2, -0.15) is 5.26 Å². The summed E-state index contributed by atoms with van der Waals surface area (Å²) in [5.41, 5.74) is 1.92. The highest BCUT2D eigenvalue weighted by atomic mass is 16.6. The Hall–Kier alpha value is -4.12. The molecule has 1 aliphatic heterocycles. The monoisotopic (exact) mass is 373 g/mol. The number of carbonyl (C=O) groups is 1. The zero-order valence-corrected chi connectivity index (χ0v) is 14.7. The van der Waals surface area contributed by atoms with Gasteiger partial charge in [0.1, 0.15) is 31.1 Å². The molecular weight excluding hydrogens is 358 g/mol. The molecule has 8 heteroatoms. The number of fused-ring (bicyclic) bond motifs is 1. The molecule has 0 fully saturated rings. The molecule has 2 N–H and O–H groups in total. The molecule has 28 heavy (non-hydrogen) atoms. The minimum absolute atomic E-state index is 0.192. The van der Waals surface area contributed by atoms with E-state index in [-0.39, 0.29) is 5.69 Å². The average molecular weight is 373 g/mol. The van der Waals surface area contributed by atoms with Crippen LogP contribution in [0.2, 0.25) is 0 Å². The van der Waals surface area contributed by atoms with Crippen LogP contribution in [0.3, 0.4) is 0 Å². The molecule has 0 saturated carbocycles. The van der Waals surface area contributed by atoms with E-state index >= 15 is 0 Å². The van der Waals surface area contributed by atoms with Gasteiger partial charge in [0.05, 0.1) is 11.6 Å². The summed E-state index contributed by atoms with van der Waals surface area (Å²) in [5, 5.41) is 14.8. The molecule has 3 aromatic rings. The molecule has 1 amide bonds. The molecule has 1 aliphatic rings. The van der Waals surface area contributed by atoms with Gasteiger partial charge in [-0.3, -0.25) is 4.79 Å². The Morgan fingerprint density at radius 1 is 1.00 bits per heavy atom. The lowest BCUT2D eigenvalue weighted by atomic mass is 10.2. The van der Waals surface area contributed by atoms with Gasteiger partial charge in [0.15, 0.2) is 11.5 Å². The molecule has 2 heterocycles. The van der Waals surface area contributed by atoms with E-state index in [9.17, 15) is 4.79 Å². The maximum atomic E-state index is 12.5. The number of ether oxygens (including phenoxy) is 2. The zero-order valence-electron chi connectivity index (χ0n) is 14.7. The Labute approximate surface area is 160 Å². The number of anilines is 3. The summed E-state index contributed by atoms with van der Waals surface area (Å²) in [4.78, 5) is 20.6. The third-order valence-electron chi connectivity index (χ3n) is 3.96. The summed E-state index contributed by atoms with van der Waals surface area (Å²) in [6.07, 6.45) is 1.31. The lowest BCUT2D eigenvalue weighted by molar-refractivity contribution is 0.102. The van der Waals surface area contributed by atoms with Crippen molar-refractivity contribution in [3.63, 3.8) is 0 Å². The number of nitrogens with zero attached hydrogens (tertiary/aromatic N) is 3. The molecule has 4 rings (SSSR count). The highest BCUT2D eigenvalue weighted by molar-refractivity contribution is 6.03. The van der Waals surface area contributed by atoms with E-state index in [1.54, 1.807) is 30.3 Å². The Morgan fingerprint density at radius 2 is 1.86 bits per heavy atom. The van der Waals surface area contributed by atoms with Gasteiger partial charge in [-0.1, -0.05) is 6.07 Å². The Bertz CT molecular complexity index is 1080. The Balaban J connectivity index is 1.49.